The summed E-state index contributed by atoms with van der Waals surface area (Å²) >= 11 is 0. The van der Waals surface area contributed by atoms with Crippen LogP contribution < -0.4 is 15.4 Å². The van der Waals surface area contributed by atoms with E-state index in [0.29, 0.717) is 6.04 Å². The van der Waals surface area contributed by atoms with Crippen molar-refractivity contribution in [2.75, 3.05) is 6.54 Å². The van der Waals surface area contributed by atoms with E-state index < -0.39 is 12.1 Å². The standard InChI is InChI=1S/C14H17F3N2O2/c1-9-7-11(5-6-18-9)19-13(20)10-3-2-4-12(8-10)21-14(15,16)17/h2-4,8-9,11,18H,5-7H2,1H3,(H,19,20). The predicted octanol–water partition coefficient (Wildman–Crippen LogP) is 2.46. The van der Waals surface area contributed by atoms with Gasteiger partial charge in [0.15, 0.2) is 0 Å². The number of carbonyl (C=O) groups is 1. The Morgan fingerprint density at radius 1 is 1.43 bits per heavy atom. The lowest BCUT2D eigenvalue weighted by atomic mass is 10.0. The van der Waals surface area contributed by atoms with Gasteiger partial charge in [0.25, 0.3) is 5.91 Å². The van der Waals surface area contributed by atoms with Gasteiger partial charge in [0.2, 0.25) is 0 Å². The van der Waals surface area contributed by atoms with Gasteiger partial charge >= 0.3 is 6.36 Å². The third-order valence-corrected chi connectivity index (χ3v) is 3.29. The van der Waals surface area contributed by atoms with E-state index in [1.807, 2.05) is 6.92 Å². The molecule has 1 aromatic carbocycles. The Hall–Kier alpha value is -1.76. The zero-order chi connectivity index (χ0) is 15.5. The molecule has 0 spiro atoms. The summed E-state index contributed by atoms with van der Waals surface area (Å²) in [5.74, 6) is -0.782. The van der Waals surface area contributed by atoms with Crippen LogP contribution in [0.4, 0.5) is 13.2 Å². The van der Waals surface area contributed by atoms with Gasteiger partial charge in [-0.05, 0) is 44.5 Å². The number of carbonyl (C=O) groups excluding carboxylic acids is 1. The van der Waals surface area contributed by atoms with Crippen LogP contribution >= 0.6 is 0 Å². The maximum Gasteiger partial charge on any atom is 0.573 e. The SMILES string of the molecule is CC1CC(NC(=O)c2cccc(OC(F)(F)F)c2)CCN1. The van der Waals surface area contributed by atoms with Gasteiger partial charge in [0.1, 0.15) is 5.75 Å². The van der Waals surface area contributed by atoms with Crippen LogP contribution in [0.25, 0.3) is 0 Å². The average Bonchev–Trinajstić information content (AvgIpc) is 2.37. The van der Waals surface area contributed by atoms with Gasteiger partial charge in [-0.25, -0.2) is 0 Å². The maximum absolute atomic E-state index is 12.2. The zero-order valence-corrected chi connectivity index (χ0v) is 11.5. The van der Waals surface area contributed by atoms with Gasteiger partial charge in [-0.3, -0.25) is 4.79 Å². The predicted molar refractivity (Wildman–Crippen MR) is 71.1 cm³/mol. The van der Waals surface area contributed by atoms with Crippen LogP contribution in [0.3, 0.4) is 0 Å². The van der Waals surface area contributed by atoms with Crippen LogP contribution in [0.1, 0.15) is 30.1 Å². The lowest BCUT2D eigenvalue weighted by Crippen LogP contribution is -2.46. The minimum Gasteiger partial charge on any atom is -0.406 e. The number of hydrogen-bond acceptors (Lipinski definition) is 3. The summed E-state index contributed by atoms with van der Waals surface area (Å²) in [5.41, 5.74) is 0.155. The maximum atomic E-state index is 12.2. The first kappa shape index (κ1) is 15.6. The molecule has 0 bridgehead atoms. The molecular formula is C14H17F3N2O2. The molecule has 1 amide bonds. The molecular weight excluding hydrogens is 285 g/mol. The van der Waals surface area contributed by atoms with E-state index in [1.54, 1.807) is 0 Å². The highest BCUT2D eigenvalue weighted by molar-refractivity contribution is 5.94. The fraction of sp³-hybridized carbons (Fsp3) is 0.500. The van der Waals surface area contributed by atoms with E-state index in [0.717, 1.165) is 31.5 Å². The van der Waals surface area contributed by atoms with E-state index >= 15 is 0 Å². The van der Waals surface area contributed by atoms with Crippen molar-refractivity contribution in [3.8, 4) is 5.75 Å². The van der Waals surface area contributed by atoms with Gasteiger partial charge in [-0.15, -0.1) is 13.2 Å². The molecule has 1 heterocycles. The van der Waals surface area contributed by atoms with Crippen molar-refractivity contribution >= 4 is 5.91 Å². The van der Waals surface area contributed by atoms with Crippen LogP contribution in [0.15, 0.2) is 24.3 Å². The highest BCUT2D eigenvalue weighted by Gasteiger charge is 2.31. The molecule has 0 saturated carbocycles. The topological polar surface area (TPSA) is 50.4 Å². The Bertz CT molecular complexity index is 505. The van der Waals surface area contributed by atoms with E-state index in [9.17, 15) is 18.0 Å². The smallest absolute Gasteiger partial charge is 0.406 e. The molecule has 1 fully saturated rings. The Morgan fingerprint density at radius 3 is 2.86 bits per heavy atom. The summed E-state index contributed by atoms with van der Waals surface area (Å²) < 4.78 is 40.3. The van der Waals surface area contributed by atoms with Crippen molar-refractivity contribution in [1.82, 2.24) is 10.6 Å². The van der Waals surface area contributed by atoms with Crippen molar-refractivity contribution in [1.29, 1.82) is 0 Å². The second-order valence-electron chi connectivity index (χ2n) is 5.13. The zero-order valence-electron chi connectivity index (χ0n) is 11.5. The number of rotatable bonds is 3. The lowest BCUT2D eigenvalue weighted by molar-refractivity contribution is -0.274. The largest absolute Gasteiger partial charge is 0.573 e. The molecule has 1 aliphatic rings. The first-order valence-corrected chi connectivity index (χ1v) is 6.73. The molecule has 2 atom stereocenters. The second-order valence-corrected chi connectivity index (χ2v) is 5.13. The number of amides is 1. The van der Waals surface area contributed by atoms with E-state index in [1.165, 1.54) is 12.1 Å². The molecule has 116 valence electrons. The average molecular weight is 302 g/mol. The molecule has 21 heavy (non-hydrogen) atoms. The fourth-order valence-corrected chi connectivity index (χ4v) is 2.37. The Morgan fingerprint density at radius 2 is 2.19 bits per heavy atom. The Balaban J connectivity index is 2.00. The number of halogens is 3. The monoisotopic (exact) mass is 302 g/mol. The Kier molecular flexibility index (Phi) is 4.72. The molecule has 1 aliphatic heterocycles. The van der Waals surface area contributed by atoms with Crippen LogP contribution in [-0.4, -0.2) is 30.9 Å². The summed E-state index contributed by atoms with van der Waals surface area (Å²) in [7, 11) is 0. The van der Waals surface area contributed by atoms with Gasteiger partial charge in [-0.2, -0.15) is 0 Å². The summed E-state index contributed by atoms with van der Waals surface area (Å²) in [6.45, 7) is 2.83. The molecule has 4 nitrogen and oxygen atoms in total. The molecule has 2 unspecified atom stereocenters. The van der Waals surface area contributed by atoms with Gasteiger partial charge in [0, 0.05) is 17.6 Å². The van der Waals surface area contributed by atoms with E-state index in [2.05, 4.69) is 15.4 Å². The molecule has 7 heteroatoms. The van der Waals surface area contributed by atoms with Gasteiger partial charge in [-0.1, -0.05) is 6.07 Å². The summed E-state index contributed by atoms with van der Waals surface area (Å²) in [4.78, 5) is 12.1. The number of piperidine rings is 1. The quantitative estimate of drug-likeness (QED) is 0.902. The van der Waals surface area contributed by atoms with E-state index in [4.69, 9.17) is 0 Å². The molecule has 1 saturated heterocycles. The first-order valence-electron chi connectivity index (χ1n) is 6.73. The van der Waals surface area contributed by atoms with Crippen molar-refractivity contribution in [2.24, 2.45) is 0 Å². The fourth-order valence-electron chi connectivity index (χ4n) is 2.37. The van der Waals surface area contributed by atoms with Gasteiger partial charge < -0.3 is 15.4 Å². The number of benzene rings is 1. The highest BCUT2D eigenvalue weighted by atomic mass is 19.4. The molecule has 2 N–H and O–H groups in total. The summed E-state index contributed by atoms with van der Waals surface area (Å²) in [6.07, 6.45) is -3.17. The van der Waals surface area contributed by atoms with Crippen LogP contribution in [-0.2, 0) is 0 Å². The number of hydrogen-bond donors (Lipinski definition) is 2. The van der Waals surface area contributed by atoms with Crippen LogP contribution in [0.5, 0.6) is 5.75 Å². The summed E-state index contributed by atoms with van der Waals surface area (Å²) in [5, 5.41) is 6.10. The molecule has 1 aromatic rings. The molecule has 0 aliphatic carbocycles. The van der Waals surface area contributed by atoms with Gasteiger partial charge in [0.05, 0.1) is 0 Å². The Labute approximate surface area is 120 Å². The normalized spacial score (nSPS) is 22.7. The van der Waals surface area contributed by atoms with Crippen molar-refractivity contribution in [3.05, 3.63) is 29.8 Å². The minimum atomic E-state index is -4.76. The first-order chi connectivity index (χ1) is 9.83. The third kappa shape index (κ3) is 4.93. The summed E-state index contributed by atoms with van der Waals surface area (Å²) in [6, 6.07) is 5.42. The van der Waals surface area contributed by atoms with Crippen molar-refractivity contribution in [3.63, 3.8) is 0 Å². The number of alkyl halides is 3. The molecule has 2 rings (SSSR count). The van der Waals surface area contributed by atoms with Crippen molar-refractivity contribution in [2.45, 2.75) is 38.2 Å². The minimum absolute atomic E-state index is 0.0286. The molecule has 0 aromatic heterocycles. The van der Waals surface area contributed by atoms with Crippen molar-refractivity contribution < 1.29 is 22.7 Å². The highest BCUT2D eigenvalue weighted by Crippen LogP contribution is 2.23. The van der Waals surface area contributed by atoms with E-state index in [-0.39, 0.29) is 17.5 Å². The lowest BCUT2D eigenvalue weighted by Gasteiger charge is -2.28. The second kappa shape index (κ2) is 6.34. The van der Waals surface area contributed by atoms with Crippen LogP contribution in [0, 0.1) is 0 Å². The number of ether oxygens (including phenoxy) is 1. The van der Waals surface area contributed by atoms with Crippen LogP contribution in [0.2, 0.25) is 0 Å². The number of nitrogens with one attached hydrogen (secondary N) is 2. The third-order valence-electron chi connectivity index (χ3n) is 3.29. The molecule has 0 radical (unpaired) electrons.